The predicted octanol–water partition coefficient (Wildman–Crippen LogP) is 5.76. The van der Waals surface area contributed by atoms with E-state index in [4.69, 9.17) is 0 Å². The zero-order chi connectivity index (χ0) is 14.1. The number of hydrogen-bond acceptors (Lipinski definition) is 1. The molecule has 0 bridgehead atoms. The van der Waals surface area contributed by atoms with Crippen molar-refractivity contribution in [2.24, 2.45) is 0 Å². The maximum Gasteiger partial charge on any atom is 0.0486 e. The highest BCUT2D eigenvalue weighted by atomic mass is 79.9. The van der Waals surface area contributed by atoms with Gasteiger partial charge in [-0.15, -0.1) is 0 Å². The average molecular weight is 417 g/mol. The largest absolute Gasteiger partial charge is 0.344 e. The SMILES string of the molecule is CC(Br)CCCn1c2c(c3cc(Br)ccc31)CSCC2. The van der Waals surface area contributed by atoms with Crippen LogP contribution in [0.1, 0.15) is 31.0 Å². The highest BCUT2D eigenvalue weighted by Crippen LogP contribution is 2.35. The number of rotatable bonds is 4. The Balaban J connectivity index is 2.01. The molecule has 2 heterocycles. The molecule has 0 aliphatic carbocycles. The van der Waals surface area contributed by atoms with Crippen LogP contribution in [0, 0.1) is 0 Å². The van der Waals surface area contributed by atoms with Crippen molar-refractivity contribution in [1.29, 1.82) is 0 Å². The smallest absolute Gasteiger partial charge is 0.0486 e. The van der Waals surface area contributed by atoms with Crippen molar-refractivity contribution in [3.8, 4) is 0 Å². The molecule has 4 heteroatoms. The summed E-state index contributed by atoms with van der Waals surface area (Å²) < 4.78 is 3.77. The van der Waals surface area contributed by atoms with E-state index in [2.05, 4.69) is 73.3 Å². The fourth-order valence-corrected chi connectivity index (χ4v) is 4.72. The van der Waals surface area contributed by atoms with Gasteiger partial charge in [0, 0.05) is 38.2 Å². The standard InChI is InChI=1S/C16H19Br2NS/c1-11(17)3-2-7-19-15-5-4-12(18)9-13(15)14-10-20-8-6-16(14)19/h4-5,9,11H,2-3,6-8,10H2,1H3. The van der Waals surface area contributed by atoms with Gasteiger partial charge >= 0.3 is 0 Å². The Hall–Kier alpha value is 0.0700. The number of nitrogens with zero attached hydrogens (tertiary/aromatic N) is 1. The van der Waals surface area contributed by atoms with Gasteiger partial charge in [0.05, 0.1) is 0 Å². The normalized spacial score (nSPS) is 16.4. The van der Waals surface area contributed by atoms with E-state index in [0.717, 1.165) is 6.54 Å². The van der Waals surface area contributed by atoms with Crippen molar-refractivity contribution >= 4 is 54.5 Å². The lowest BCUT2D eigenvalue weighted by Gasteiger charge is -2.16. The molecule has 1 aromatic carbocycles. The van der Waals surface area contributed by atoms with Crippen molar-refractivity contribution in [3.63, 3.8) is 0 Å². The van der Waals surface area contributed by atoms with E-state index in [0.29, 0.717) is 4.83 Å². The monoisotopic (exact) mass is 415 g/mol. The molecule has 20 heavy (non-hydrogen) atoms. The van der Waals surface area contributed by atoms with Crippen LogP contribution in [-0.2, 0) is 18.7 Å². The highest BCUT2D eigenvalue weighted by Gasteiger charge is 2.20. The van der Waals surface area contributed by atoms with E-state index in [9.17, 15) is 0 Å². The summed E-state index contributed by atoms with van der Waals surface area (Å²) in [7, 11) is 0. The molecule has 1 aliphatic rings. The number of benzene rings is 1. The van der Waals surface area contributed by atoms with Crippen LogP contribution in [0.5, 0.6) is 0 Å². The number of thioether (sulfide) groups is 1. The molecule has 0 N–H and O–H groups in total. The molecule has 1 unspecified atom stereocenters. The van der Waals surface area contributed by atoms with Crippen molar-refractivity contribution in [2.45, 2.75) is 43.3 Å². The lowest BCUT2D eigenvalue weighted by Crippen LogP contribution is -2.09. The molecule has 0 saturated heterocycles. The lowest BCUT2D eigenvalue weighted by atomic mass is 10.1. The first-order chi connectivity index (χ1) is 9.66. The number of hydrogen-bond donors (Lipinski definition) is 0. The lowest BCUT2D eigenvalue weighted by molar-refractivity contribution is 0.606. The molecule has 1 atom stereocenters. The maximum atomic E-state index is 3.65. The summed E-state index contributed by atoms with van der Waals surface area (Å²) in [6, 6.07) is 6.74. The Bertz CT molecular complexity index is 618. The molecule has 2 aromatic rings. The van der Waals surface area contributed by atoms with Gasteiger partial charge in [-0.25, -0.2) is 0 Å². The van der Waals surface area contributed by atoms with E-state index in [-0.39, 0.29) is 0 Å². The Morgan fingerprint density at radius 1 is 1.40 bits per heavy atom. The van der Waals surface area contributed by atoms with Crippen LogP contribution < -0.4 is 0 Å². The highest BCUT2D eigenvalue weighted by molar-refractivity contribution is 9.10. The first-order valence-corrected chi connectivity index (χ1v) is 10.0. The molecular weight excluding hydrogens is 398 g/mol. The first-order valence-electron chi connectivity index (χ1n) is 7.18. The van der Waals surface area contributed by atoms with Gasteiger partial charge in [0.25, 0.3) is 0 Å². The van der Waals surface area contributed by atoms with Crippen LogP contribution in [0.25, 0.3) is 10.9 Å². The minimum atomic E-state index is 0.616. The number of aromatic nitrogens is 1. The summed E-state index contributed by atoms with van der Waals surface area (Å²) in [6.45, 7) is 3.38. The van der Waals surface area contributed by atoms with Gasteiger partial charge in [0.1, 0.15) is 0 Å². The summed E-state index contributed by atoms with van der Waals surface area (Å²) >= 11 is 9.34. The Labute approximate surface area is 141 Å². The second kappa shape index (κ2) is 6.45. The third-order valence-corrected chi connectivity index (χ3v) is 5.90. The van der Waals surface area contributed by atoms with Gasteiger partial charge in [0.15, 0.2) is 0 Å². The zero-order valence-electron chi connectivity index (χ0n) is 11.7. The first kappa shape index (κ1) is 15.0. The van der Waals surface area contributed by atoms with E-state index < -0.39 is 0 Å². The van der Waals surface area contributed by atoms with Crippen molar-refractivity contribution in [1.82, 2.24) is 4.57 Å². The Morgan fingerprint density at radius 3 is 3.05 bits per heavy atom. The van der Waals surface area contributed by atoms with Gasteiger partial charge < -0.3 is 4.57 Å². The molecule has 0 fully saturated rings. The second-order valence-corrected chi connectivity index (χ2v) is 9.05. The number of alkyl halides is 1. The van der Waals surface area contributed by atoms with Gasteiger partial charge in [-0.3, -0.25) is 0 Å². The molecule has 1 nitrogen and oxygen atoms in total. The molecule has 1 aromatic heterocycles. The fraction of sp³-hybridized carbons (Fsp3) is 0.500. The Morgan fingerprint density at radius 2 is 2.25 bits per heavy atom. The van der Waals surface area contributed by atoms with Gasteiger partial charge in [0.2, 0.25) is 0 Å². The second-order valence-electron chi connectivity index (χ2n) is 5.46. The summed E-state index contributed by atoms with van der Waals surface area (Å²) in [5.41, 5.74) is 4.58. The van der Waals surface area contributed by atoms with Crippen molar-refractivity contribution in [3.05, 3.63) is 33.9 Å². The molecule has 108 valence electrons. The molecule has 3 rings (SSSR count). The van der Waals surface area contributed by atoms with Crippen LogP contribution in [0.2, 0.25) is 0 Å². The quantitative estimate of drug-likeness (QED) is 0.573. The summed E-state index contributed by atoms with van der Waals surface area (Å²) in [5, 5.41) is 1.45. The van der Waals surface area contributed by atoms with E-state index in [1.165, 1.54) is 46.1 Å². The topological polar surface area (TPSA) is 4.93 Å². The molecule has 0 radical (unpaired) electrons. The molecule has 0 amide bonds. The minimum Gasteiger partial charge on any atom is -0.344 e. The third-order valence-electron chi connectivity index (χ3n) is 3.96. The molecular formula is C16H19Br2NS. The average Bonchev–Trinajstić information content (AvgIpc) is 2.73. The fourth-order valence-electron chi connectivity index (χ4n) is 3.03. The minimum absolute atomic E-state index is 0.616. The molecule has 1 aliphatic heterocycles. The van der Waals surface area contributed by atoms with Gasteiger partial charge in [-0.05, 0) is 48.8 Å². The van der Waals surface area contributed by atoms with Crippen LogP contribution in [0.3, 0.4) is 0 Å². The van der Waals surface area contributed by atoms with Crippen molar-refractivity contribution < 1.29 is 0 Å². The van der Waals surface area contributed by atoms with Crippen LogP contribution in [0.15, 0.2) is 22.7 Å². The number of aryl methyl sites for hydroxylation is 1. The van der Waals surface area contributed by atoms with Crippen LogP contribution >= 0.6 is 43.6 Å². The molecule has 0 spiro atoms. The van der Waals surface area contributed by atoms with Crippen LogP contribution in [-0.4, -0.2) is 15.1 Å². The maximum absolute atomic E-state index is 3.65. The number of halogens is 2. The Kier molecular flexibility index (Phi) is 4.83. The summed E-state index contributed by atoms with van der Waals surface area (Å²) in [6.07, 6.45) is 3.70. The molecule has 0 saturated carbocycles. The van der Waals surface area contributed by atoms with E-state index >= 15 is 0 Å². The zero-order valence-corrected chi connectivity index (χ0v) is 15.7. The van der Waals surface area contributed by atoms with Crippen LogP contribution in [0.4, 0.5) is 0 Å². The van der Waals surface area contributed by atoms with E-state index in [1.54, 1.807) is 11.3 Å². The van der Waals surface area contributed by atoms with Gasteiger partial charge in [-0.2, -0.15) is 11.8 Å². The third kappa shape index (κ3) is 2.97. The number of fused-ring (bicyclic) bond motifs is 3. The van der Waals surface area contributed by atoms with Crippen molar-refractivity contribution in [2.75, 3.05) is 5.75 Å². The van der Waals surface area contributed by atoms with E-state index in [1.807, 2.05) is 0 Å². The predicted molar refractivity (Wildman–Crippen MR) is 97.1 cm³/mol. The van der Waals surface area contributed by atoms with Gasteiger partial charge in [-0.1, -0.05) is 38.8 Å². The summed E-state index contributed by atoms with van der Waals surface area (Å²) in [5.74, 6) is 2.43. The summed E-state index contributed by atoms with van der Waals surface area (Å²) in [4.78, 5) is 0.616.